The van der Waals surface area contributed by atoms with Crippen LogP contribution in [0, 0.1) is 11.3 Å². The van der Waals surface area contributed by atoms with Crippen molar-refractivity contribution in [3.63, 3.8) is 0 Å². The highest BCUT2D eigenvalue weighted by Gasteiger charge is 2.44. The van der Waals surface area contributed by atoms with Gasteiger partial charge in [0.25, 0.3) is 5.56 Å². The zero-order valence-electron chi connectivity index (χ0n) is 17.0. The first-order valence-electron chi connectivity index (χ1n) is 10.3. The van der Waals surface area contributed by atoms with E-state index in [-0.39, 0.29) is 24.3 Å². The molecule has 3 rings (SSSR count). The number of pyridine rings is 1. The normalized spacial score (nSPS) is 20.2. The topological polar surface area (TPSA) is 62.5 Å². The molecule has 1 atom stereocenters. The largest absolute Gasteiger partial charge is 0.480 e. The van der Waals surface area contributed by atoms with Gasteiger partial charge in [0.05, 0.1) is 5.56 Å². The number of carboxylic acid groups (broad SMARTS) is 1. The predicted octanol–water partition coefficient (Wildman–Crippen LogP) is 3.96. The van der Waals surface area contributed by atoms with Crippen molar-refractivity contribution in [2.24, 2.45) is 11.3 Å². The van der Waals surface area contributed by atoms with Gasteiger partial charge in [0.15, 0.2) is 0 Å². The molecule has 0 radical (unpaired) electrons. The number of alkyl halides is 3. The van der Waals surface area contributed by atoms with Gasteiger partial charge in [-0.25, -0.2) is 4.79 Å². The fourth-order valence-corrected chi connectivity index (χ4v) is 4.86. The average Bonchev–Trinajstić information content (AvgIpc) is 3.06. The molecule has 2 fully saturated rings. The van der Waals surface area contributed by atoms with Crippen LogP contribution in [-0.4, -0.2) is 40.2 Å². The summed E-state index contributed by atoms with van der Waals surface area (Å²) in [5.74, 6) is -1.23. The van der Waals surface area contributed by atoms with Crippen molar-refractivity contribution in [3.8, 4) is 0 Å². The molecule has 2 heterocycles. The summed E-state index contributed by atoms with van der Waals surface area (Å²) in [7, 11) is 0. The van der Waals surface area contributed by atoms with Crippen LogP contribution in [0.5, 0.6) is 0 Å². The van der Waals surface area contributed by atoms with Crippen molar-refractivity contribution >= 4 is 5.97 Å². The summed E-state index contributed by atoms with van der Waals surface area (Å²) in [4.78, 5) is 26.1. The number of aliphatic carboxylic acids is 1. The van der Waals surface area contributed by atoms with Gasteiger partial charge in [0.2, 0.25) is 0 Å². The van der Waals surface area contributed by atoms with Crippen LogP contribution < -0.4 is 5.56 Å². The van der Waals surface area contributed by atoms with Crippen LogP contribution in [0.15, 0.2) is 17.1 Å². The Kier molecular flexibility index (Phi) is 6.13. The Morgan fingerprint density at radius 2 is 1.86 bits per heavy atom. The molecular weight excluding hydrogens is 385 g/mol. The predicted molar refractivity (Wildman–Crippen MR) is 103 cm³/mol. The molecule has 1 saturated carbocycles. The van der Waals surface area contributed by atoms with Crippen LogP contribution in [-0.2, 0) is 17.4 Å². The number of aromatic nitrogens is 1. The molecule has 162 valence electrons. The summed E-state index contributed by atoms with van der Waals surface area (Å²) in [6.45, 7) is 5.94. The Morgan fingerprint density at radius 3 is 2.38 bits per heavy atom. The van der Waals surface area contributed by atoms with E-state index >= 15 is 0 Å². The Labute approximate surface area is 168 Å². The molecule has 1 unspecified atom stereocenters. The van der Waals surface area contributed by atoms with Crippen LogP contribution >= 0.6 is 0 Å². The molecule has 1 aromatic heterocycles. The lowest BCUT2D eigenvalue weighted by Crippen LogP contribution is -2.55. The van der Waals surface area contributed by atoms with Crippen molar-refractivity contribution in [1.29, 1.82) is 0 Å². The quantitative estimate of drug-likeness (QED) is 0.734. The van der Waals surface area contributed by atoms with Gasteiger partial charge >= 0.3 is 12.1 Å². The fourth-order valence-electron chi connectivity index (χ4n) is 4.86. The highest BCUT2D eigenvalue weighted by atomic mass is 19.4. The summed E-state index contributed by atoms with van der Waals surface area (Å²) in [6, 6.07) is -0.616. The lowest BCUT2D eigenvalue weighted by molar-refractivity contribution is -0.141. The van der Waals surface area contributed by atoms with Gasteiger partial charge < -0.3 is 14.6 Å². The van der Waals surface area contributed by atoms with Crippen LogP contribution in [0.3, 0.4) is 0 Å². The maximum Gasteiger partial charge on any atom is 0.416 e. The minimum atomic E-state index is -4.65. The summed E-state index contributed by atoms with van der Waals surface area (Å²) < 4.78 is 41.5. The standard InChI is InChI=1S/C21H29F3N2O3/c1-14(2)9-17(19(28)29)26-11-15(16(10-18(26)27)21(22,23)24)5-8-25-12-20(13-25)6-3-4-7-20/h10-11,14,17H,3-9,12-13H2,1-2H3,(H,28,29). The molecular formula is C21H29F3N2O3. The molecule has 1 N–H and O–H groups in total. The molecule has 5 nitrogen and oxygen atoms in total. The van der Waals surface area contributed by atoms with Crippen LogP contribution in [0.2, 0.25) is 0 Å². The number of hydrogen-bond acceptors (Lipinski definition) is 3. The van der Waals surface area contributed by atoms with Gasteiger partial charge in [-0.3, -0.25) is 4.79 Å². The zero-order chi connectivity index (χ0) is 21.4. The van der Waals surface area contributed by atoms with E-state index in [0.29, 0.717) is 18.0 Å². The third-order valence-corrected chi connectivity index (χ3v) is 6.26. The van der Waals surface area contributed by atoms with Crippen molar-refractivity contribution in [2.45, 2.75) is 64.6 Å². The van der Waals surface area contributed by atoms with Crippen molar-refractivity contribution < 1.29 is 23.1 Å². The third kappa shape index (κ3) is 4.85. The van der Waals surface area contributed by atoms with E-state index in [9.17, 15) is 27.9 Å². The van der Waals surface area contributed by atoms with Crippen molar-refractivity contribution in [1.82, 2.24) is 9.47 Å². The van der Waals surface area contributed by atoms with Gasteiger partial charge in [0.1, 0.15) is 6.04 Å². The lowest BCUT2D eigenvalue weighted by atomic mass is 9.78. The van der Waals surface area contributed by atoms with Crippen LogP contribution in [0.25, 0.3) is 0 Å². The molecule has 0 aromatic carbocycles. The number of halogens is 3. The van der Waals surface area contributed by atoms with Gasteiger partial charge in [0, 0.05) is 31.9 Å². The molecule has 1 aliphatic heterocycles. The summed E-state index contributed by atoms with van der Waals surface area (Å²) in [5, 5.41) is 9.51. The summed E-state index contributed by atoms with van der Waals surface area (Å²) >= 11 is 0. The number of hydrogen-bond donors (Lipinski definition) is 1. The van der Waals surface area contributed by atoms with Gasteiger partial charge in [-0.05, 0) is 42.6 Å². The number of nitrogens with zero attached hydrogens (tertiary/aromatic N) is 2. The minimum Gasteiger partial charge on any atom is -0.480 e. The molecule has 1 spiro atoms. The zero-order valence-corrected chi connectivity index (χ0v) is 17.0. The smallest absolute Gasteiger partial charge is 0.416 e. The average molecular weight is 414 g/mol. The lowest BCUT2D eigenvalue weighted by Gasteiger charge is -2.48. The highest BCUT2D eigenvalue weighted by Crippen LogP contribution is 2.45. The molecule has 0 bridgehead atoms. The van der Waals surface area contributed by atoms with Gasteiger partial charge in [-0.15, -0.1) is 0 Å². The second kappa shape index (κ2) is 8.13. The van der Waals surface area contributed by atoms with E-state index in [1.54, 1.807) is 0 Å². The number of carboxylic acids is 1. The number of likely N-dealkylation sites (tertiary alicyclic amines) is 1. The van der Waals surface area contributed by atoms with E-state index in [4.69, 9.17) is 0 Å². The highest BCUT2D eigenvalue weighted by molar-refractivity contribution is 5.71. The Hall–Kier alpha value is -1.83. The van der Waals surface area contributed by atoms with Gasteiger partial charge in [-0.2, -0.15) is 13.2 Å². The van der Waals surface area contributed by atoms with E-state index in [1.165, 1.54) is 25.7 Å². The SMILES string of the molecule is CC(C)CC(C(=O)O)n1cc(CCN2CC3(CCCC3)C2)c(C(F)(F)F)cc1=O. The Bertz CT molecular complexity index is 802. The maximum absolute atomic E-state index is 13.5. The monoisotopic (exact) mass is 414 g/mol. The Balaban J connectivity index is 1.83. The van der Waals surface area contributed by atoms with Crippen LogP contribution in [0.4, 0.5) is 13.2 Å². The van der Waals surface area contributed by atoms with Gasteiger partial charge in [-0.1, -0.05) is 26.7 Å². The van der Waals surface area contributed by atoms with Crippen LogP contribution in [0.1, 0.15) is 63.1 Å². The first kappa shape index (κ1) is 21.9. The first-order valence-corrected chi connectivity index (χ1v) is 10.3. The first-order chi connectivity index (χ1) is 13.5. The second-order valence-corrected chi connectivity index (χ2v) is 9.11. The molecule has 8 heteroatoms. The number of carbonyl (C=O) groups is 1. The van der Waals surface area contributed by atoms with Crippen molar-refractivity contribution in [2.75, 3.05) is 19.6 Å². The second-order valence-electron chi connectivity index (χ2n) is 9.11. The minimum absolute atomic E-state index is 0.0144. The van der Waals surface area contributed by atoms with E-state index in [1.807, 2.05) is 13.8 Å². The van der Waals surface area contributed by atoms with Crippen molar-refractivity contribution in [3.05, 3.63) is 33.7 Å². The summed E-state index contributed by atoms with van der Waals surface area (Å²) in [6.07, 6.45) is 1.62. The molecule has 2 aliphatic rings. The molecule has 1 saturated heterocycles. The number of rotatable bonds is 7. The molecule has 29 heavy (non-hydrogen) atoms. The molecule has 1 aliphatic carbocycles. The summed E-state index contributed by atoms with van der Waals surface area (Å²) in [5.41, 5.74) is -1.54. The molecule has 1 aromatic rings. The molecule has 0 amide bonds. The fraction of sp³-hybridized carbons (Fsp3) is 0.714. The van der Waals surface area contributed by atoms with E-state index < -0.39 is 29.3 Å². The Morgan fingerprint density at radius 1 is 1.24 bits per heavy atom. The van der Waals surface area contributed by atoms with E-state index in [0.717, 1.165) is 23.9 Å². The maximum atomic E-state index is 13.5. The van der Waals surface area contributed by atoms with E-state index in [2.05, 4.69) is 4.90 Å². The third-order valence-electron chi connectivity index (χ3n) is 6.26.